The quantitative estimate of drug-likeness (QED) is 0.555. The zero-order valence-electron chi connectivity index (χ0n) is 9.29. The van der Waals surface area contributed by atoms with E-state index >= 15 is 0 Å². The highest BCUT2D eigenvalue weighted by Gasteiger charge is 2.29. The van der Waals surface area contributed by atoms with Gasteiger partial charge in [-0.25, -0.2) is 4.79 Å². The molecule has 0 radical (unpaired) electrons. The molecule has 7 heteroatoms. The summed E-state index contributed by atoms with van der Waals surface area (Å²) in [5.41, 5.74) is -0.648. The molecular formula is C10H14N2O5. The number of nitrogens with zero attached hydrogens (tertiary/aromatic N) is 1. The van der Waals surface area contributed by atoms with Crippen molar-refractivity contribution < 1.29 is 14.9 Å². The molecule has 17 heavy (non-hydrogen) atoms. The van der Waals surface area contributed by atoms with Gasteiger partial charge in [0.05, 0.1) is 12.7 Å². The molecule has 1 fully saturated rings. The van der Waals surface area contributed by atoms with Gasteiger partial charge in [0.1, 0.15) is 12.3 Å². The number of aliphatic hydroxyl groups excluding tert-OH is 2. The number of aromatic amines is 1. The monoisotopic (exact) mass is 242 g/mol. The molecule has 1 aromatic heterocycles. The molecule has 2 heterocycles. The summed E-state index contributed by atoms with van der Waals surface area (Å²) >= 11 is 0. The lowest BCUT2D eigenvalue weighted by molar-refractivity contribution is -0.146. The first kappa shape index (κ1) is 12.0. The lowest BCUT2D eigenvalue weighted by atomic mass is 10.1. The van der Waals surface area contributed by atoms with Crippen LogP contribution in [0.3, 0.4) is 0 Å². The first-order valence-corrected chi connectivity index (χ1v) is 5.29. The van der Waals surface area contributed by atoms with Crippen molar-refractivity contribution >= 4 is 0 Å². The first-order valence-electron chi connectivity index (χ1n) is 5.29. The SMILES string of the molecule is Cc1cn([C@@H]2C[C@H](O)[C@H](O)CO2)c(=O)[nH]c1=O. The van der Waals surface area contributed by atoms with Crippen LogP contribution < -0.4 is 11.2 Å². The highest BCUT2D eigenvalue weighted by atomic mass is 16.5. The number of H-pyrrole nitrogens is 1. The van der Waals surface area contributed by atoms with Gasteiger partial charge < -0.3 is 14.9 Å². The second-order valence-electron chi connectivity index (χ2n) is 4.14. The van der Waals surface area contributed by atoms with E-state index < -0.39 is 29.7 Å². The lowest BCUT2D eigenvalue weighted by Gasteiger charge is -2.31. The molecule has 94 valence electrons. The molecule has 3 N–H and O–H groups in total. The molecule has 1 aliphatic rings. The molecule has 0 aromatic carbocycles. The molecular weight excluding hydrogens is 228 g/mol. The Bertz CT molecular complexity index is 520. The molecule has 0 amide bonds. The Labute approximate surface area is 96.3 Å². The Morgan fingerprint density at radius 1 is 1.41 bits per heavy atom. The van der Waals surface area contributed by atoms with Gasteiger partial charge in [-0.15, -0.1) is 0 Å². The van der Waals surface area contributed by atoms with Crippen LogP contribution in [0.2, 0.25) is 0 Å². The van der Waals surface area contributed by atoms with E-state index in [9.17, 15) is 19.8 Å². The van der Waals surface area contributed by atoms with Crippen molar-refractivity contribution in [2.24, 2.45) is 0 Å². The van der Waals surface area contributed by atoms with Crippen molar-refractivity contribution in [2.45, 2.75) is 31.8 Å². The summed E-state index contributed by atoms with van der Waals surface area (Å²) < 4.78 is 6.47. The van der Waals surface area contributed by atoms with Crippen LogP contribution in [0.25, 0.3) is 0 Å². The van der Waals surface area contributed by atoms with Crippen LogP contribution in [0.5, 0.6) is 0 Å². The van der Waals surface area contributed by atoms with E-state index in [0.29, 0.717) is 5.56 Å². The smallest absolute Gasteiger partial charge is 0.330 e. The third kappa shape index (κ3) is 2.31. The minimum atomic E-state index is -0.939. The summed E-state index contributed by atoms with van der Waals surface area (Å²) in [6, 6.07) is 0. The van der Waals surface area contributed by atoms with E-state index in [1.54, 1.807) is 6.92 Å². The van der Waals surface area contributed by atoms with E-state index in [-0.39, 0.29) is 13.0 Å². The van der Waals surface area contributed by atoms with Gasteiger partial charge in [-0.1, -0.05) is 0 Å². The van der Waals surface area contributed by atoms with Crippen LogP contribution in [-0.4, -0.2) is 38.6 Å². The van der Waals surface area contributed by atoms with Gasteiger partial charge in [0.2, 0.25) is 0 Å². The Morgan fingerprint density at radius 2 is 2.12 bits per heavy atom. The molecule has 0 spiro atoms. The first-order chi connectivity index (χ1) is 7.99. The highest BCUT2D eigenvalue weighted by Crippen LogP contribution is 2.21. The molecule has 0 bridgehead atoms. The van der Waals surface area contributed by atoms with E-state index in [0.717, 1.165) is 0 Å². The minimum Gasteiger partial charge on any atom is -0.390 e. The Hall–Kier alpha value is -1.44. The summed E-state index contributed by atoms with van der Waals surface area (Å²) in [4.78, 5) is 24.9. The number of hydrogen-bond acceptors (Lipinski definition) is 5. The van der Waals surface area contributed by atoms with Gasteiger partial charge in [0, 0.05) is 18.2 Å². The molecule has 7 nitrogen and oxygen atoms in total. The number of ether oxygens (including phenoxy) is 1. The van der Waals surface area contributed by atoms with Crippen molar-refractivity contribution in [2.75, 3.05) is 6.61 Å². The fraction of sp³-hybridized carbons (Fsp3) is 0.600. The van der Waals surface area contributed by atoms with Crippen molar-refractivity contribution in [3.63, 3.8) is 0 Å². The average molecular weight is 242 g/mol. The van der Waals surface area contributed by atoms with E-state index in [4.69, 9.17) is 4.74 Å². The third-order valence-corrected chi connectivity index (χ3v) is 2.80. The van der Waals surface area contributed by atoms with Crippen LogP contribution in [0, 0.1) is 6.92 Å². The summed E-state index contributed by atoms with van der Waals surface area (Å²) in [6.07, 6.45) is -1.06. The van der Waals surface area contributed by atoms with E-state index in [1.165, 1.54) is 10.8 Å². The number of rotatable bonds is 1. The maximum absolute atomic E-state index is 11.6. The summed E-state index contributed by atoms with van der Waals surface area (Å²) in [7, 11) is 0. The molecule has 3 atom stereocenters. The average Bonchev–Trinajstić information content (AvgIpc) is 2.27. The van der Waals surface area contributed by atoms with Gasteiger partial charge in [0.25, 0.3) is 5.56 Å². The largest absolute Gasteiger partial charge is 0.390 e. The molecule has 2 rings (SSSR count). The van der Waals surface area contributed by atoms with E-state index in [2.05, 4.69) is 4.98 Å². The van der Waals surface area contributed by atoms with Gasteiger partial charge in [-0.3, -0.25) is 14.3 Å². The van der Waals surface area contributed by atoms with Gasteiger partial charge in [-0.05, 0) is 6.92 Å². The summed E-state index contributed by atoms with van der Waals surface area (Å²) in [5.74, 6) is 0. The van der Waals surface area contributed by atoms with Gasteiger partial charge in [-0.2, -0.15) is 0 Å². The maximum atomic E-state index is 11.6. The number of aromatic nitrogens is 2. The molecule has 1 aromatic rings. The number of hydrogen-bond donors (Lipinski definition) is 3. The van der Waals surface area contributed by atoms with Crippen LogP contribution in [0.1, 0.15) is 18.2 Å². The van der Waals surface area contributed by atoms with Crippen molar-refractivity contribution in [3.05, 3.63) is 32.6 Å². The maximum Gasteiger partial charge on any atom is 0.330 e. The fourth-order valence-electron chi connectivity index (χ4n) is 1.75. The molecule has 1 aliphatic heterocycles. The van der Waals surface area contributed by atoms with Crippen LogP contribution >= 0.6 is 0 Å². The van der Waals surface area contributed by atoms with Gasteiger partial charge >= 0.3 is 5.69 Å². The Kier molecular flexibility index (Phi) is 3.14. The standard InChI is InChI=1S/C10H14N2O5/c1-5-3-12(10(16)11-9(5)15)8-2-6(13)7(14)4-17-8/h3,6-8,13-14H,2,4H2,1H3,(H,11,15,16)/t6-,7+,8-/m0/s1. The minimum absolute atomic E-state index is 0.0452. The number of aryl methyl sites for hydroxylation is 1. The fourth-order valence-corrected chi connectivity index (χ4v) is 1.75. The van der Waals surface area contributed by atoms with Crippen LogP contribution in [0.15, 0.2) is 15.8 Å². The molecule has 0 saturated carbocycles. The number of nitrogens with one attached hydrogen (secondary N) is 1. The lowest BCUT2D eigenvalue weighted by Crippen LogP contribution is -2.43. The van der Waals surface area contributed by atoms with Gasteiger partial charge in [0.15, 0.2) is 0 Å². The topological polar surface area (TPSA) is 105 Å². The Balaban J connectivity index is 2.32. The third-order valence-electron chi connectivity index (χ3n) is 2.80. The highest BCUT2D eigenvalue weighted by molar-refractivity contribution is 5.01. The van der Waals surface area contributed by atoms with Crippen molar-refractivity contribution in [1.29, 1.82) is 0 Å². The zero-order chi connectivity index (χ0) is 12.6. The normalized spacial score (nSPS) is 29.2. The van der Waals surface area contributed by atoms with Crippen molar-refractivity contribution in [1.82, 2.24) is 9.55 Å². The molecule has 1 saturated heterocycles. The second-order valence-corrected chi connectivity index (χ2v) is 4.14. The number of aliphatic hydroxyl groups is 2. The zero-order valence-corrected chi connectivity index (χ0v) is 9.29. The Morgan fingerprint density at radius 3 is 2.76 bits per heavy atom. The van der Waals surface area contributed by atoms with Crippen LogP contribution in [-0.2, 0) is 4.74 Å². The summed E-state index contributed by atoms with van der Waals surface area (Å²) in [6.45, 7) is 1.53. The van der Waals surface area contributed by atoms with Crippen molar-refractivity contribution in [3.8, 4) is 0 Å². The predicted molar refractivity (Wildman–Crippen MR) is 57.7 cm³/mol. The predicted octanol–water partition coefficient (Wildman–Crippen LogP) is -1.51. The second kappa shape index (κ2) is 4.44. The molecule has 0 unspecified atom stereocenters. The summed E-state index contributed by atoms with van der Waals surface area (Å²) in [5, 5.41) is 18.8. The van der Waals surface area contributed by atoms with Crippen LogP contribution in [0.4, 0.5) is 0 Å². The van der Waals surface area contributed by atoms with E-state index in [1.807, 2.05) is 0 Å². The molecule has 0 aliphatic carbocycles.